The number of aliphatic hydroxyl groups excluding tert-OH is 1. The molecule has 0 saturated heterocycles. The molecule has 3 amide bonds. The van der Waals surface area contributed by atoms with Gasteiger partial charge in [0.25, 0.3) is 0 Å². The number of benzene rings is 2. The number of carbonyl (C=O) groups is 2. The number of anilines is 2. The normalized spacial score (nSPS) is 11.5. The molecule has 0 bridgehead atoms. The summed E-state index contributed by atoms with van der Waals surface area (Å²) < 4.78 is 0. The first-order valence-electron chi connectivity index (χ1n) is 7.61. The number of amides is 3. The van der Waals surface area contributed by atoms with Crippen LogP contribution in [0.1, 0.15) is 24.2 Å². The predicted octanol–water partition coefficient (Wildman–Crippen LogP) is 2.81. The van der Waals surface area contributed by atoms with E-state index in [9.17, 15) is 14.7 Å². The smallest absolute Gasteiger partial charge is 0.319 e. The highest BCUT2D eigenvalue weighted by Gasteiger charge is 2.09. The van der Waals surface area contributed by atoms with E-state index in [1.807, 2.05) is 31.2 Å². The first-order chi connectivity index (χ1) is 11.4. The van der Waals surface area contributed by atoms with Crippen LogP contribution < -0.4 is 16.0 Å². The number of urea groups is 1. The highest BCUT2D eigenvalue weighted by molar-refractivity contribution is 5.91. The van der Waals surface area contributed by atoms with Gasteiger partial charge in [0.15, 0.2) is 0 Å². The van der Waals surface area contributed by atoms with Crippen LogP contribution in [0.2, 0.25) is 0 Å². The van der Waals surface area contributed by atoms with Crippen LogP contribution in [0, 0.1) is 6.92 Å². The Balaban J connectivity index is 1.82. The van der Waals surface area contributed by atoms with Gasteiger partial charge in [-0.15, -0.1) is 0 Å². The molecule has 4 N–H and O–H groups in total. The first kappa shape index (κ1) is 17.5. The molecular weight excluding hydrogens is 306 g/mol. The average Bonchev–Trinajstić information content (AvgIpc) is 2.54. The fourth-order valence-electron chi connectivity index (χ4n) is 2.11. The standard InChI is InChI=1S/C18H21N3O3/c1-12-3-5-14(6-4-12)17(23)11-19-18(24)21-16-9-7-15(8-10-16)20-13(2)22/h3-10,17,23H,11H2,1-2H3,(H,20,22)(H2,19,21,24)/t17-/m1/s1. The fraction of sp³-hybridized carbons (Fsp3) is 0.222. The van der Waals surface area contributed by atoms with Crippen molar-refractivity contribution in [3.8, 4) is 0 Å². The van der Waals surface area contributed by atoms with Crippen LogP contribution in [-0.2, 0) is 4.79 Å². The molecule has 0 saturated carbocycles. The molecule has 2 rings (SSSR count). The van der Waals surface area contributed by atoms with Crippen molar-refractivity contribution in [2.75, 3.05) is 17.2 Å². The zero-order valence-corrected chi connectivity index (χ0v) is 13.7. The molecule has 1 atom stereocenters. The fourth-order valence-corrected chi connectivity index (χ4v) is 2.11. The van der Waals surface area contributed by atoms with E-state index < -0.39 is 12.1 Å². The third-order valence-corrected chi connectivity index (χ3v) is 3.38. The van der Waals surface area contributed by atoms with Crippen molar-refractivity contribution in [2.45, 2.75) is 20.0 Å². The highest BCUT2D eigenvalue weighted by Crippen LogP contribution is 2.14. The summed E-state index contributed by atoms with van der Waals surface area (Å²) in [7, 11) is 0. The van der Waals surface area contributed by atoms with Gasteiger partial charge >= 0.3 is 6.03 Å². The lowest BCUT2D eigenvalue weighted by Gasteiger charge is -2.13. The van der Waals surface area contributed by atoms with Gasteiger partial charge in [0.05, 0.1) is 6.10 Å². The van der Waals surface area contributed by atoms with Gasteiger partial charge in [0, 0.05) is 24.8 Å². The van der Waals surface area contributed by atoms with E-state index in [0.717, 1.165) is 11.1 Å². The lowest BCUT2D eigenvalue weighted by molar-refractivity contribution is -0.114. The van der Waals surface area contributed by atoms with Gasteiger partial charge in [-0.05, 0) is 36.8 Å². The van der Waals surface area contributed by atoms with E-state index in [1.165, 1.54) is 6.92 Å². The maximum atomic E-state index is 11.9. The number of aryl methyl sites for hydroxylation is 1. The molecular formula is C18H21N3O3. The maximum Gasteiger partial charge on any atom is 0.319 e. The van der Waals surface area contributed by atoms with Crippen LogP contribution >= 0.6 is 0 Å². The van der Waals surface area contributed by atoms with Crippen LogP contribution in [0.4, 0.5) is 16.2 Å². The molecule has 6 nitrogen and oxygen atoms in total. The second-order valence-electron chi connectivity index (χ2n) is 5.52. The van der Waals surface area contributed by atoms with E-state index in [1.54, 1.807) is 24.3 Å². The molecule has 0 unspecified atom stereocenters. The van der Waals surface area contributed by atoms with Gasteiger partial charge in [-0.1, -0.05) is 29.8 Å². The number of nitrogens with one attached hydrogen (secondary N) is 3. The van der Waals surface area contributed by atoms with Gasteiger partial charge in [0.1, 0.15) is 0 Å². The summed E-state index contributed by atoms with van der Waals surface area (Å²) >= 11 is 0. The Hall–Kier alpha value is -2.86. The molecule has 2 aromatic carbocycles. The number of aliphatic hydroxyl groups is 1. The van der Waals surface area contributed by atoms with Gasteiger partial charge in [-0.25, -0.2) is 4.79 Å². The molecule has 0 aliphatic heterocycles. The molecule has 0 aliphatic carbocycles. The van der Waals surface area contributed by atoms with E-state index in [4.69, 9.17) is 0 Å². The van der Waals surface area contributed by atoms with E-state index >= 15 is 0 Å². The molecule has 0 spiro atoms. The minimum atomic E-state index is -0.765. The quantitative estimate of drug-likeness (QED) is 0.680. The van der Waals surface area contributed by atoms with Crippen molar-refractivity contribution in [3.63, 3.8) is 0 Å². The summed E-state index contributed by atoms with van der Waals surface area (Å²) in [6.07, 6.45) is -0.765. The summed E-state index contributed by atoms with van der Waals surface area (Å²) in [4.78, 5) is 22.8. The predicted molar refractivity (Wildman–Crippen MR) is 93.9 cm³/mol. The van der Waals surface area contributed by atoms with Crippen LogP contribution in [0.3, 0.4) is 0 Å². The molecule has 0 aliphatic rings. The summed E-state index contributed by atoms with van der Waals surface area (Å²) in [5.41, 5.74) is 3.11. The van der Waals surface area contributed by atoms with Crippen molar-refractivity contribution in [1.29, 1.82) is 0 Å². The Morgan fingerprint density at radius 1 is 0.958 bits per heavy atom. The highest BCUT2D eigenvalue weighted by atomic mass is 16.3. The Labute approximate surface area is 140 Å². The zero-order valence-electron chi connectivity index (χ0n) is 13.7. The van der Waals surface area contributed by atoms with Gasteiger partial charge in [0.2, 0.25) is 5.91 Å². The molecule has 0 radical (unpaired) electrons. The Morgan fingerprint density at radius 3 is 2.04 bits per heavy atom. The maximum absolute atomic E-state index is 11.9. The summed E-state index contributed by atoms with van der Waals surface area (Å²) in [5, 5.41) is 18.0. The van der Waals surface area contributed by atoms with E-state index in [0.29, 0.717) is 11.4 Å². The largest absolute Gasteiger partial charge is 0.387 e. The Kier molecular flexibility index (Phi) is 5.92. The number of rotatable bonds is 5. The molecule has 0 aromatic heterocycles. The van der Waals surface area contributed by atoms with Gasteiger partial charge in [-0.2, -0.15) is 0 Å². The third kappa shape index (κ3) is 5.40. The lowest BCUT2D eigenvalue weighted by Crippen LogP contribution is -2.32. The topological polar surface area (TPSA) is 90.5 Å². The first-order valence-corrected chi connectivity index (χ1v) is 7.61. The van der Waals surface area contributed by atoms with Crippen LogP contribution in [0.5, 0.6) is 0 Å². The van der Waals surface area contributed by atoms with Gasteiger partial charge in [-0.3, -0.25) is 4.79 Å². The minimum Gasteiger partial charge on any atom is -0.387 e. The molecule has 2 aromatic rings. The molecule has 126 valence electrons. The zero-order chi connectivity index (χ0) is 17.5. The summed E-state index contributed by atoms with van der Waals surface area (Å²) in [6.45, 7) is 3.51. The number of carbonyl (C=O) groups excluding carboxylic acids is 2. The van der Waals surface area contributed by atoms with Crippen LogP contribution in [0.15, 0.2) is 48.5 Å². The van der Waals surface area contributed by atoms with Gasteiger partial charge < -0.3 is 21.1 Å². The second kappa shape index (κ2) is 8.12. The van der Waals surface area contributed by atoms with Crippen LogP contribution in [-0.4, -0.2) is 23.6 Å². The molecule has 6 heteroatoms. The Morgan fingerprint density at radius 2 is 1.50 bits per heavy atom. The minimum absolute atomic E-state index is 0.110. The Bertz CT molecular complexity index is 696. The summed E-state index contributed by atoms with van der Waals surface area (Å²) in [6, 6.07) is 13.8. The van der Waals surface area contributed by atoms with Crippen molar-refractivity contribution in [1.82, 2.24) is 5.32 Å². The molecule has 24 heavy (non-hydrogen) atoms. The van der Waals surface area contributed by atoms with Crippen LogP contribution in [0.25, 0.3) is 0 Å². The van der Waals surface area contributed by atoms with Crippen molar-refractivity contribution < 1.29 is 14.7 Å². The second-order valence-corrected chi connectivity index (χ2v) is 5.52. The molecule has 0 heterocycles. The molecule has 0 fully saturated rings. The average molecular weight is 327 g/mol. The third-order valence-electron chi connectivity index (χ3n) is 3.38. The number of hydrogen-bond acceptors (Lipinski definition) is 3. The van der Waals surface area contributed by atoms with E-state index in [-0.39, 0.29) is 12.5 Å². The lowest BCUT2D eigenvalue weighted by atomic mass is 10.1. The van der Waals surface area contributed by atoms with Crippen molar-refractivity contribution >= 4 is 23.3 Å². The monoisotopic (exact) mass is 327 g/mol. The summed E-state index contributed by atoms with van der Waals surface area (Å²) in [5.74, 6) is -0.154. The SMILES string of the molecule is CC(=O)Nc1ccc(NC(=O)NC[C@@H](O)c2ccc(C)cc2)cc1. The van der Waals surface area contributed by atoms with E-state index in [2.05, 4.69) is 16.0 Å². The van der Waals surface area contributed by atoms with Crippen molar-refractivity contribution in [3.05, 3.63) is 59.7 Å². The van der Waals surface area contributed by atoms with Crippen molar-refractivity contribution in [2.24, 2.45) is 0 Å². The number of hydrogen-bond donors (Lipinski definition) is 4.